The minimum absolute atomic E-state index is 0.00236. The number of carbonyl (C=O) groups excluding carboxylic acids is 1. The number of benzene rings is 3. The van der Waals surface area contributed by atoms with Crippen molar-refractivity contribution < 1.29 is 22.3 Å². The molecule has 0 saturated heterocycles. The highest BCUT2D eigenvalue weighted by Gasteiger charge is 2.27. The largest absolute Gasteiger partial charge is 0.496 e. The van der Waals surface area contributed by atoms with Gasteiger partial charge in [-0.15, -0.1) is 0 Å². The van der Waals surface area contributed by atoms with Crippen molar-refractivity contribution in [1.82, 2.24) is 4.72 Å². The summed E-state index contributed by atoms with van der Waals surface area (Å²) in [6.45, 7) is 1.73. The number of para-hydroxylation sites is 1. The van der Waals surface area contributed by atoms with E-state index < -0.39 is 27.8 Å². The van der Waals surface area contributed by atoms with Gasteiger partial charge < -0.3 is 10.1 Å². The van der Waals surface area contributed by atoms with Crippen molar-refractivity contribution in [3.63, 3.8) is 0 Å². The first-order valence-electron chi connectivity index (χ1n) is 9.56. The summed E-state index contributed by atoms with van der Waals surface area (Å²) in [6.07, 6.45) is 0.0928. The topological polar surface area (TPSA) is 84.5 Å². The summed E-state index contributed by atoms with van der Waals surface area (Å²) >= 11 is 0. The molecule has 8 heteroatoms. The van der Waals surface area contributed by atoms with Gasteiger partial charge in [-0.2, -0.15) is 4.72 Å². The van der Waals surface area contributed by atoms with Crippen molar-refractivity contribution in [2.75, 3.05) is 12.4 Å². The van der Waals surface area contributed by atoms with Gasteiger partial charge in [0, 0.05) is 0 Å². The summed E-state index contributed by atoms with van der Waals surface area (Å²) in [7, 11) is -2.54. The van der Waals surface area contributed by atoms with Crippen LogP contribution in [0.1, 0.15) is 11.1 Å². The number of nitrogens with one attached hydrogen (secondary N) is 2. The van der Waals surface area contributed by atoms with E-state index in [0.29, 0.717) is 11.3 Å². The normalized spacial score (nSPS) is 12.2. The summed E-state index contributed by atoms with van der Waals surface area (Å²) in [5, 5.41) is 2.47. The Morgan fingerprint density at radius 1 is 1.03 bits per heavy atom. The van der Waals surface area contributed by atoms with Gasteiger partial charge in [0.2, 0.25) is 15.9 Å². The molecule has 3 aromatic carbocycles. The molecule has 0 radical (unpaired) electrons. The average Bonchev–Trinajstić information content (AvgIpc) is 2.75. The van der Waals surface area contributed by atoms with E-state index in [0.717, 1.165) is 5.56 Å². The number of methoxy groups -OCH3 is 1. The number of ether oxygens (including phenoxy) is 1. The molecule has 1 amide bonds. The molecule has 0 aliphatic rings. The maximum Gasteiger partial charge on any atom is 0.242 e. The summed E-state index contributed by atoms with van der Waals surface area (Å²) < 4.78 is 47.6. The van der Waals surface area contributed by atoms with Crippen LogP contribution in [-0.4, -0.2) is 27.5 Å². The summed E-state index contributed by atoms with van der Waals surface area (Å²) in [4.78, 5) is 12.9. The molecular weight excluding hydrogens is 419 g/mol. The van der Waals surface area contributed by atoms with E-state index in [-0.39, 0.29) is 17.0 Å². The number of rotatable bonds is 8. The van der Waals surface area contributed by atoms with Crippen LogP contribution in [0, 0.1) is 12.7 Å². The van der Waals surface area contributed by atoms with E-state index in [4.69, 9.17) is 4.74 Å². The van der Waals surface area contributed by atoms with Crippen LogP contribution in [0.3, 0.4) is 0 Å². The van der Waals surface area contributed by atoms with Crippen LogP contribution in [0.4, 0.5) is 10.1 Å². The van der Waals surface area contributed by atoms with E-state index in [1.54, 1.807) is 43.3 Å². The van der Waals surface area contributed by atoms with Crippen LogP contribution in [0.25, 0.3) is 0 Å². The first-order chi connectivity index (χ1) is 14.8. The van der Waals surface area contributed by atoms with Crippen molar-refractivity contribution in [3.8, 4) is 5.75 Å². The number of hydrogen-bond acceptors (Lipinski definition) is 4. The van der Waals surface area contributed by atoms with E-state index in [1.807, 2.05) is 6.07 Å². The van der Waals surface area contributed by atoms with Crippen LogP contribution < -0.4 is 14.8 Å². The minimum Gasteiger partial charge on any atom is -0.496 e. The maximum absolute atomic E-state index is 14.0. The fourth-order valence-corrected chi connectivity index (χ4v) is 4.37. The Kier molecular flexibility index (Phi) is 7.04. The predicted molar refractivity (Wildman–Crippen MR) is 117 cm³/mol. The average molecular weight is 443 g/mol. The number of aryl methyl sites for hydroxylation is 1. The summed E-state index contributed by atoms with van der Waals surface area (Å²) in [6, 6.07) is 18.0. The molecule has 3 aromatic rings. The van der Waals surface area contributed by atoms with Crippen LogP contribution in [0.15, 0.2) is 77.7 Å². The highest BCUT2D eigenvalue weighted by molar-refractivity contribution is 7.89. The third-order valence-electron chi connectivity index (χ3n) is 4.70. The van der Waals surface area contributed by atoms with E-state index in [9.17, 15) is 17.6 Å². The Balaban J connectivity index is 1.89. The Labute approximate surface area is 181 Å². The number of carbonyl (C=O) groups is 1. The molecule has 162 valence electrons. The molecule has 0 aliphatic heterocycles. The van der Waals surface area contributed by atoms with Gasteiger partial charge in [0.05, 0.1) is 17.7 Å². The smallest absolute Gasteiger partial charge is 0.242 e. The van der Waals surface area contributed by atoms with Crippen LogP contribution in [0.5, 0.6) is 5.75 Å². The van der Waals surface area contributed by atoms with Crippen LogP contribution in [-0.2, 0) is 21.2 Å². The second kappa shape index (κ2) is 9.72. The van der Waals surface area contributed by atoms with Gasteiger partial charge in [0.25, 0.3) is 0 Å². The lowest BCUT2D eigenvalue weighted by Crippen LogP contribution is -2.45. The van der Waals surface area contributed by atoms with Gasteiger partial charge in [-0.25, -0.2) is 12.8 Å². The first-order valence-corrected chi connectivity index (χ1v) is 11.0. The molecule has 3 rings (SSSR count). The third kappa shape index (κ3) is 5.68. The first kappa shape index (κ1) is 22.5. The lowest BCUT2D eigenvalue weighted by molar-refractivity contribution is -0.117. The molecule has 0 heterocycles. The zero-order valence-corrected chi connectivity index (χ0v) is 17.9. The molecule has 0 bridgehead atoms. The van der Waals surface area contributed by atoms with Crippen molar-refractivity contribution in [1.29, 1.82) is 0 Å². The van der Waals surface area contributed by atoms with Gasteiger partial charge in [-0.3, -0.25) is 4.79 Å². The minimum atomic E-state index is -4.03. The highest BCUT2D eigenvalue weighted by atomic mass is 32.2. The van der Waals surface area contributed by atoms with Crippen molar-refractivity contribution in [2.24, 2.45) is 0 Å². The number of halogens is 1. The molecular formula is C23H23FN2O4S. The molecule has 0 saturated carbocycles. The number of sulfonamides is 1. The Morgan fingerprint density at radius 3 is 2.35 bits per heavy atom. The molecule has 1 atom stereocenters. The van der Waals surface area contributed by atoms with Crippen molar-refractivity contribution in [3.05, 3.63) is 89.7 Å². The Bertz CT molecular complexity index is 1170. The lowest BCUT2D eigenvalue weighted by Gasteiger charge is -2.19. The van der Waals surface area contributed by atoms with Gasteiger partial charge in [0.1, 0.15) is 17.6 Å². The van der Waals surface area contributed by atoms with E-state index in [2.05, 4.69) is 10.0 Å². The summed E-state index contributed by atoms with van der Waals surface area (Å²) in [5.41, 5.74) is 1.37. The zero-order chi connectivity index (χ0) is 22.4. The van der Waals surface area contributed by atoms with Crippen LogP contribution >= 0.6 is 0 Å². The van der Waals surface area contributed by atoms with E-state index >= 15 is 0 Å². The molecule has 0 spiro atoms. The monoisotopic (exact) mass is 442 g/mol. The number of anilines is 1. The second-order valence-corrected chi connectivity index (χ2v) is 8.68. The summed E-state index contributed by atoms with van der Waals surface area (Å²) in [5.74, 6) is -0.720. The molecule has 6 nitrogen and oxygen atoms in total. The van der Waals surface area contributed by atoms with Gasteiger partial charge >= 0.3 is 0 Å². The predicted octanol–water partition coefficient (Wildman–Crippen LogP) is 3.67. The number of hydrogen-bond donors (Lipinski definition) is 2. The maximum atomic E-state index is 14.0. The second-order valence-electron chi connectivity index (χ2n) is 6.96. The third-order valence-corrected chi connectivity index (χ3v) is 6.17. The van der Waals surface area contributed by atoms with Crippen molar-refractivity contribution >= 4 is 21.6 Å². The molecule has 0 aliphatic carbocycles. The van der Waals surface area contributed by atoms with E-state index in [1.165, 1.54) is 37.4 Å². The SMILES string of the molecule is COc1ccc(S(=O)(=O)NC(Cc2ccccc2)C(=O)Nc2ccccc2F)cc1C. The highest BCUT2D eigenvalue weighted by Crippen LogP contribution is 2.22. The number of amides is 1. The molecule has 31 heavy (non-hydrogen) atoms. The lowest BCUT2D eigenvalue weighted by atomic mass is 10.1. The van der Waals surface area contributed by atoms with Gasteiger partial charge in [-0.1, -0.05) is 42.5 Å². The quantitative estimate of drug-likeness (QED) is 0.558. The molecule has 0 fully saturated rings. The Hall–Kier alpha value is -3.23. The molecule has 2 N–H and O–H groups in total. The molecule has 0 aromatic heterocycles. The van der Waals surface area contributed by atoms with Gasteiger partial charge in [0.15, 0.2) is 0 Å². The standard InChI is InChI=1S/C23H23FN2O4S/c1-16-14-18(12-13-22(16)30-2)31(28,29)26-21(15-17-8-4-3-5-9-17)23(27)25-20-11-7-6-10-19(20)24/h3-14,21,26H,15H2,1-2H3,(H,25,27). The fraction of sp³-hybridized carbons (Fsp3) is 0.174. The zero-order valence-electron chi connectivity index (χ0n) is 17.1. The Morgan fingerprint density at radius 2 is 1.71 bits per heavy atom. The van der Waals surface area contributed by atoms with Crippen molar-refractivity contribution in [2.45, 2.75) is 24.3 Å². The molecule has 1 unspecified atom stereocenters. The van der Waals surface area contributed by atoms with Crippen LogP contribution in [0.2, 0.25) is 0 Å². The van der Waals surface area contributed by atoms with Gasteiger partial charge in [-0.05, 0) is 54.8 Å². The fourth-order valence-electron chi connectivity index (χ4n) is 3.09.